The van der Waals surface area contributed by atoms with Gasteiger partial charge in [-0.2, -0.15) is 0 Å². The predicted molar refractivity (Wildman–Crippen MR) is 93.5 cm³/mol. The van der Waals surface area contributed by atoms with E-state index in [1.807, 2.05) is 24.3 Å². The Morgan fingerprint density at radius 3 is 3.17 bits per heavy atom. The quantitative estimate of drug-likeness (QED) is 0.851. The molecule has 0 radical (unpaired) electrons. The maximum Gasteiger partial charge on any atom is 0.231 e. The largest absolute Gasteiger partial charge is 0.374 e. The topological polar surface area (TPSA) is 71.7 Å². The molecule has 1 fully saturated rings. The highest BCUT2D eigenvalue weighted by Crippen LogP contribution is 2.20. The first-order valence-corrected chi connectivity index (χ1v) is 8.24. The average Bonchev–Trinajstić information content (AvgIpc) is 2.55. The number of ether oxygens (including phenoxy) is 1. The van der Waals surface area contributed by atoms with E-state index in [0.717, 1.165) is 19.6 Å². The number of rotatable bonds is 6. The van der Waals surface area contributed by atoms with Gasteiger partial charge in [-0.15, -0.1) is 0 Å². The lowest BCUT2D eigenvalue weighted by Gasteiger charge is -2.34. The van der Waals surface area contributed by atoms with Gasteiger partial charge in [-0.25, -0.2) is 0 Å². The Morgan fingerprint density at radius 1 is 1.46 bits per heavy atom. The first-order chi connectivity index (χ1) is 11.6. The Kier molecular flexibility index (Phi) is 5.40. The lowest BCUT2D eigenvalue weighted by atomic mass is 10.1. The van der Waals surface area contributed by atoms with Crippen LogP contribution in [0.15, 0.2) is 36.7 Å². The first-order valence-electron chi connectivity index (χ1n) is 8.24. The molecule has 2 heterocycles. The Morgan fingerprint density at radius 2 is 2.33 bits per heavy atom. The van der Waals surface area contributed by atoms with E-state index in [1.54, 1.807) is 0 Å². The molecule has 1 saturated heterocycles. The van der Waals surface area contributed by atoms with Gasteiger partial charge in [-0.05, 0) is 24.1 Å². The van der Waals surface area contributed by atoms with Gasteiger partial charge < -0.3 is 10.5 Å². The SMILES string of the molecule is CN(CC(N)=O)CC1CN(Cc2cccc3cnccc23)CCO1. The number of carbonyl (C=O) groups excluding carboxylic acids is 1. The molecule has 2 N–H and O–H groups in total. The van der Waals surface area contributed by atoms with Crippen LogP contribution in [-0.4, -0.2) is 66.6 Å². The van der Waals surface area contributed by atoms with Crippen LogP contribution in [0, 0.1) is 0 Å². The van der Waals surface area contributed by atoms with Crippen LogP contribution in [0.4, 0.5) is 0 Å². The second-order valence-corrected chi connectivity index (χ2v) is 6.40. The molecule has 0 bridgehead atoms. The highest BCUT2D eigenvalue weighted by atomic mass is 16.5. The number of primary amides is 1. The van der Waals surface area contributed by atoms with Crippen molar-refractivity contribution in [2.45, 2.75) is 12.6 Å². The number of carbonyl (C=O) groups is 1. The van der Waals surface area contributed by atoms with E-state index in [1.165, 1.54) is 16.3 Å². The summed E-state index contributed by atoms with van der Waals surface area (Å²) in [4.78, 5) is 19.5. The van der Waals surface area contributed by atoms with Gasteiger partial charge in [-0.1, -0.05) is 18.2 Å². The van der Waals surface area contributed by atoms with E-state index < -0.39 is 0 Å². The summed E-state index contributed by atoms with van der Waals surface area (Å²) in [5.74, 6) is -0.311. The Bertz CT molecular complexity index is 701. The number of nitrogens with zero attached hydrogens (tertiary/aromatic N) is 3. The zero-order chi connectivity index (χ0) is 16.9. The molecule has 1 aliphatic rings. The van der Waals surface area contributed by atoms with Crippen molar-refractivity contribution in [3.8, 4) is 0 Å². The molecule has 1 aromatic heterocycles. The summed E-state index contributed by atoms with van der Waals surface area (Å²) in [5.41, 5.74) is 6.55. The normalized spacial score (nSPS) is 19.0. The standard InChI is InChI=1S/C18H24N4O2/c1-21(13-18(19)23)11-16-12-22(7-8-24-16)10-15-4-2-3-14-9-20-6-5-17(14)15/h2-6,9,16H,7-8,10-13H2,1H3,(H2,19,23). The number of pyridine rings is 1. The van der Waals surface area contributed by atoms with Gasteiger partial charge >= 0.3 is 0 Å². The summed E-state index contributed by atoms with van der Waals surface area (Å²) in [6.45, 7) is 4.33. The van der Waals surface area contributed by atoms with Crippen molar-refractivity contribution < 1.29 is 9.53 Å². The minimum absolute atomic E-state index is 0.0970. The first kappa shape index (κ1) is 16.8. The number of morpholine rings is 1. The number of fused-ring (bicyclic) bond motifs is 1. The third kappa shape index (κ3) is 4.29. The lowest BCUT2D eigenvalue weighted by Crippen LogP contribution is -2.47. The highest BCUT2D eigenvalue weighted by molar-refractivity contribution is 5.84. The molecule has 1 atom stereocenters. The zero-order valence-electron chi connectivity index (χ0n) is 14.0. The summed E-state index contributed by atoms with van der Waals surface area (Å²) in [7, 11) is 1.89. The van der Waals surface area contributed by atoms with E-state index >= 15 is 0 Å². The monoisotopic (exact) mass is 328 g/mol. The molecule has 0 aliphatic carbocycles. The van der Waals surface area contributed by atoms with Gasteiger partial charge in [0, 0.05) is 44.0 Å². The van der Waals surface area contributed by atoms with Crippen molar-refractivity contribution in [3.63, 3.8) is 0 Å². The lowest BCUT2D eigenvalue weighted by molar-refractivity contribution is -0.119. The molecule has 6 heteroatoms. The molecule has 6 nitrogen and oxygen atoms in total. The molecule has 0 saturated carbocycles. The van der Waals surface area contributed by atoms with Crippen molar-refractivity contribution in [2.75, 3.05) is 39.8 Å². The molecule has 1 aromatic carbocycles. The summed E-state index contributed by atoms with van der Waals surface area (Å²) < 4.78 is 5.84. The fraction of sp³-hybridized carbons (Fsp3) is 0.444. The third-order valence-corrected chi connectivity index (χ3v) is 4.33. The minimum atomic E-state index is -0.311. The van der Waals surface area contributed by atoms with Gasteiger partial charge in [0.1, 0.15) is 0 Å². The average molecular weight is 328 g/mol. The van der Waals surface area contributed by atoms with Crippen molar-refractivity contribution in [2.24, 2.45) is 5.73 Å². The molecular formula is C18H24N4O2. The number of benzene rings is 1. The number of hydrogen-bond acceptors (Lipinski definition) is 5. The van der Waals surface area contributed by atoms with E-state index in [2.05, 4.69) is 34.1 Å². The Balaban J connectivity index is 1.63. The third-order valence-electron chi connectivity index (χ3n) is 4.33. The fourth-order valence-electron chi connectivity index (χ4n) is 3.28. The van der Waals surface area contributed by atoms with E-state index in [0.29, 0.717) is 13.2 Å². The molecule has 128 valence electrons. The molecule has 3 rings (SSSR count). The van der Waals surface area contributed by atoms with Gasteiger partial charge in [0.25, 0.3) is 0 Å². The van der Waals surface area contributed by atoms with Gasteiger partial charge in [0.2, 0.25) is 5.91 Å². The van der Waals surface area contributed by atoms with Crippen LogP contribution in [-0.2, 0) is 16.1 Å². The second-order valence-electron chi connectivity index (χ2n) is 6.40. The summed E-state index contributed by atoms with van der Waals surface area (Å²) in [6, 6.07) is 8.42. The van der Waals surface area contributed by atoms with Gasteiger partial charge in [-0.3, -0.25) is 19.6 Å². The van der Waals surface area contributed by atoms with Crippen LogP contribution in [0.2, 0.25) is 0 Å². The van der Waals surface area contributed by atoms with Crippen molar-refractivity contribution in [3.05, 3.63) is 42.2 Å². The van der Waals surface area contributed by atoms with Crippen LogP contribution >= 0.6 is 0 Å². The number of aromatic nitrogens is 1. The maximum absolute atomic E-state index is 11.0. The van der Waals surface area contributed by atoms with Gasteiger partial charge in [0.15, 0.2) is 0 Å². The minimum Gasteiger partial charge on any atom is -0.374 e. The zero-order valence-corrected chi connectivity index (χ0v) is 14.0. The summed E-state index contributed by atoms with van der Waals surface area (Å²) in [6.07, 6.45) is 3.84. The molecule has 24 heavy (non-hydrogen) atoms. The van der Waals surface area contributed by atoms with E-state index in [4.69, 9.17) is 10.5 Å². The van der Waals surface area contributed by atoms with Crippen LogP contribution in [0.3, 0.4) is 0 Å². The Labute approximate surface area is 142 Å². The van der Waals surface area contributed by atoms with Crippen LogP contribution in [0.25, 0.3) is 10.8 Å². The molecule has 1 unspecified atom stereocenters. The van der Waals surface area contributed by atoms with Crippen LogP contribution < -0.4 is 5.73 Å². The van der Waals surface area contributed by atoms with E-state index in [9.17, 15) is 4.79 Å². The number of hydrogen-bond donors (Lipinski definition) is 1. The predicted octanol–water partition coefficient (Wildman–Crippen LogP) is 0.853. The van der Waals surface area contributed by atoms with Crippen molar-refractivity contribution >= 4 is 16.7 Å². The molecule has 0 spiro atoms. The summed E-state index contributed by atoms with van der Waals surface area (Å²) >= 11 is 0. The highest BCUT2D eigenvalue weighted by Gasteiger charge is 2.22. The smallest absolute Gasteiger partial charge is 0.231 e. The molecule has 1 aliphatic heterocycles. The van der Waals surface area contributed by atoms with Crippen molar-refractivity contribution in [1.82, 2.24) is 14.8 Å². The van der Waals surface area contributed by atoms with Crippen molar-refractivity contribution in [1.29, 1.82) is 0 Å². The summed E-state index contributed by atoms with van der Waals surface area (Å²) in [5, 5.41) is 2.42. The number of likely N-dealkylation sites (N-methyl/N-ethyl adjacent to an activating group) is 1. The molecular weight excluding hydrogens is 304 g/mol. The maximum atomic E-state index is 11.0. The molecule has 2 aromatic rings. The van der Waals surface area contributed by atoms with E-state index in [-0.39, 0.29) is 18.6 Å². The number of amides is 1. The van der Waals surface area contributed by atoms with Crippen LogP contribution in [0.1, 0.15) is 5.56 Å². The fourth-order valence-corrected chi connectivity index (χ4v) is 3.28. The second kappa shape index (κ2) is 7.70. The molecule has 1 amide bonds. The van der Waals surface area contributed by atoms with Gasteiger partial charge in [0.05, 0.1) is 19.3 Å². The van der Waals surface area contributed by atoms with Crippen LogP contribution in [0.5, 0.6) is 0 Å². The number of nitrogens with two attached hydrogens (primary N) is 1. The Hall–Kier alpha value is -2.02.